The summed E-state index contributed by atoms with van der Waals surface area (Å²) < 4.78 is 0.915. The Balaban J connectivity index is 1.35. The molecule has 0 aliphatic heterocycles. The zero-order valence-corrected chi connectivity index (χ0v) is 27.2. The van der Waals surface area contributed by atoms with E-state index in [0.717, 1.165) is 37.9 Å². The van der Waals surface area contributed by atoms with Crippen molar-refractivity contribution >= 4 is 37.5 Å². The van der Waals surface area contributed by atoms with Crippen LogP contribution in [0.5, 0.6) is 0 Å². The van der Waals surface area contributed by atoms with Gasteiger partial charge >= 0.3 is 0 Å². The van der Waals surface area contributed by atoms with Crippen LogP contribution in [0.4, 0.5) is 0 Å². The minimum atomic E-state index is -1.41. The molecule has 224 valence electrons. The molecule has 1 nitrogen and oxygen atoms in total. The molecule has 8 rings (SSSR count). The third kappa shape index (κ3) is 5.07. The summed E-state index contributed by atoms with van der Waals surface area (Å²) in [4.78, 5) is 0. The van der Waals surface area contributed by atoms with Crippen molar-refractivity contribution in [3.05, 3.63) is 203 Å². The van der Waals surface area contributed by atoms with E-state index >= 15 is 0 Å². The van der Waals surface area contributed by atoms with Gasteiger partial charge in [0.1, 0.15) is 5.60 Å². The predicted molar refractivity (Wildman–Crippen MR) is 200 cm³/mol. The van der Waals surface area contributed by atoms with Crippen LogP contribution >= 0.6 is 15.9 Å². The van der Waals surface area contributed by atoms with Crippen molar-refractivity contribution < 1.29 is 5.11 Å². The standard InChI is InChI=1S/C45H31BrO/c46-36-19-13-18-35(30-36)45(47,42-25-12-11-20-37(42)31-14-3-1-4-15-31)34-28-26-33(27-29-34)44-40-23-9-7-21-38(40)43(32-16-5-2-6-17-32)39-22-8-10-24-41(39)44/h1-30,47H/t45-/m0/s1. The molecule has 0 bridgehead atoms. The second kappa shape index (κ2) is 12.1. The molecule has 0 fully saturated rings. The second-order valence-electron chi connectivity index (χ2n) is 11.9. The minimum Gasteiger partial charge on any atom is -0.376 e. The first-order valence-electron chi connectivity index (χ1n) is 15.9. The Morgan fingerprint density at radius 2 is 0.851 bits per heavy atom. The first kappa shape index (κ1) is 29.1. The maximum atomic E-state index is 13.0. The van der Waals surface area contributed by atoms with Gasteiger partial charge in [0.05, 0.1) is 0 Å². The zero-order valence-electron chi connectivity index (χ0n) is 25.6. The molecule has 1 atom stereocenters. The third-order valence-corrected chi connectivity index (χ3v) is 9.72. The molecule has 8 aromatic carbocycles. The maximum Gasteiger partial charge on any atom is 0.141 e. The number of hydrogen-bond acceptors (Lipinski definition) is 1. The second-order valence-corrected chi connectivity index (χ2v) is 12.8. The summed E-state index contributed by atoms with van der Waals surface area (Å²) in [6.45, 7) is 0. The predicted octanol–water partition coefficient (Wildman–Crippen LogP) is 12.0. The largest absolute Gasteiger partial charge is 0.376 e. The Morgan fingerprint density at radius 3 is 1.40 bits per heavy atom. The number of aliphatic hydroxyl groups is 1. The van der Waals surface area contributed by atoms with E-state index in [1.807, 2.05) is 60.7 Å². The average Bonchev–Trinajstić information content (AvgIpc) is 3.14. The van der Waals surface area contributed by atoms with E-state index in [2.05, 4.69) is 137 Å². The van der Waals surface area contributed by atoms with Gasteiger partial charge in [-0.25, -0.2) is 0 Å². The molecule has 47 heavy (non-hydrogen) atoms. The number of benzene rings is 8. The summed E-state index contributed by atoms with van der Waals surface area (Å²) in [5, 5.41) is 17.9. The molecule has 0 heterocycles. The van der Waals surface area contributed by atoms with Crippen LogP contribution in [-0.4, -0.2) is 5.11 Å². The van der Waals surface area contributed by atoms with Gasteiger partial charge in [-0.2, -0.15) is 0 Å². The molecule has 0 saturated carbocycles. The lowest BCUT2D eigenvalue weighted by atomic mass is 9.77. The molecule has 2 heteroatoms. The maximum absolute atomic E-state index is 13.0. The Labute approximate surface area is 283 Å². The minimum absolute atomic E-state index is 0.797. The van der Waals surface area contributed by atoms with Crippen molar-refractivity contribution in [2.24, 2.45) is 0 Å². The number of halogens is 1. The molecule has 0 spiro atoms. The van der Waals surface area contributed by atoms with E-state index in [1.54, 1.807) is 0 Å². The van der Waals surface area contributed by atoms with E-state index in [-0.39, 0.29) is 0 Å². The number of fused-ring (bicyclic) bond motifs is 2. The Kier molecular flexibility index (Phi) is 7.53. The van der Waals surface area contributed by atoms with E-state index in [9.17, 15) is 5.11 Å². The van der Waals surface area contributed by atoms with Gasteiger partial charge in [0.25, 0.3) is 0 Å². The molecule has 0 radical (unpaired) electrons. The summed E-state index contributed by atoms with van der Waals surface area (Å²) in [5.74, 6) is 0. The molecular weight excluding hydrogens is 636 g/mol. The smallest absolute Gasteiger partial charge is 0.141 e. The Morgan fingerprint density at radius 1 is 0.383 bits per heavy atom. The number of hydrogen-bond donors (Lipinski definition) is 1. The summed E-state index contributed by atoms with van der Waals surface area (Å²) >= 11 is 3.66. The highest BCUT2D eigenvalue weighted by Gasteiger charge is 2.36. The SMILES string of the molecule is O[C@@](c1ccc(-c2c3ccccc3c(-c3ccccc3)c3ccccc23)cc1)(c1cccc(Br)c1)c1ccccc1-c1ccccc1. The lowest BCUT2D eigenvalue weighted by Crippen LogP contribution is -2.29. The van der Waals surface area contributed by atoms with Gasteiger partial charge in [-0.05, 0) is 78.2 Å². The van der Waals surface area contributed by atoms with Gasteiger partial charge in [-0.15, -0.1) is 0 Å². The fourth-order valence-corrected chi connectivity index (χ4v) is 7.49. The van der Waals surface area contributed by atoms with Gasteiger partial charge in [0.15, 0.2) is 0 Å². The van der Waals surface area contributed by atoms with Crippen molar-refractivity contribution in [3.8, 4) is 33.4 Å². The van der Waals surface area contributed by atoms with Gasteiger partial charge in [-0.1, -0.05) is 186 Å². The third-order valence-electron chi connectivity index (χ3n) is 9.23. The lowest BCUT2D eigenvalue weighted by molar-refractivity contribution is 0.126. The Hall–Kier alpha value is -5.28. The fraction of sp³-hybridized carbons (Fsp3) is 0.0222. The van der Waals surface area contributed by atoms with Crippen molar-refractivity contribution in [1.82, 2.24) is 0 Å². The van der Waals surface area contributed by atoms with Crippen LogP contribution in [0, 0.1) is 0 Å². The van der Waals surface area contributed by atoms with Crippen LogP contribution in [0.15, 0.2) is 186 Å². The summed E-state index contributed by atoms with van der Waals surface area (Å²) in [5.41, 5.74) is 7.83. The molecule has 0 aromatic heterocycles. The van der Waals surface area contributed by atoms with Crippen molar-refractivity contribution in [2.75, 3.05) is 0 Å². The molecule has 0 aliphatic rings. The fourth-order valence-electron chi connectivity index (χ4n) is 7.09. The van der Waals surface area contributed by atoms with Crippen molar-refractivity contribution in [3.63, 3.8) is 0 Å². The first-order chi connectivity index (χ1) is 23.1. The zero-order chi connectivity index (χ0) is 31.8. The van der Waals surface area contributed by atoms with Crippen molar-refractivity contribution in [1.29, 1.82) is 0 Å². The molecular formula is C45H31BrO. The average molecular weight is 668 g/mol. The van der Waals surface area contributed by atoms with Gasteiger partial charge in [-0.3, -0.25) is 0 Å². The number of rotatable bonds is 6. The van der Waals surface area contributed by atoms with E-state index in [1.165, 1.54) is 38.2 Å². The van der Waals surface area contributed by atoms with Gasteiger partial charge in [0.2, 0.25) is 0 Å². The highest BCUT2D eigenvalue weighted by molar-refractivity contribution is 9.10. The van der Waals surface area contributed by atoms with Crippen LogP contribution in [0.1, 0.15) is 16.7 Å². The van der Waals surface area contributed by atoms with E-state index in [0.29, 0.717) is 0 Å². The van der Waals surface area contributed by atoms with Gasteiger partial charge in [0, 0.05) is 10.0 Å². The highest BCUT2D eigenvalue weighted by Crippen LogP contribution is 2.46. The summed E-state index contributed by atoms with van der Waals surface area (Å²) in [6, 6.07) is 63.0. The van der Waals surface area contributed by atoms with Crippen LogP contribution in [0.2, 0.25) is 0 Å². The Bertz CT molecular complexity index is 2300. The molecule has 0 amide bonds. The topological polar surface area (TPSA) is 20.2 Å². The highest BCUT2D eigenvalue weighted by atomic mass is 79.9. The molecule has 0 aliphatic carbocycles. The quantitative estimate of drug-likeness (QED) is 0.138. The van der Waals surface area contributed by atoms with E-state index in [4.69, 9.17) is 0 Å². The van der Waals surface area contributed by atoms with Crippen LogP contribution < -0.4 is 0 Å². The van der Waals surface area contributed by atoms with Gasteiger partial charge < -0.3 is 5.11 Å². The van der Waals surface area contributed by atoms with E-state index < -0.39 is 5.60 Å². The monoisotopic (exact) mass is 666 g/mol. The molecule has 1 N–H and O–H groups in total. The molecule has 0 unspecified atom stereocenters. The van der Waals surface area contributed by atoms with Crippen LogP contribution in [0.3, 0.4) is 0 Å². The first-order valence-corrected chi connectivity index (χ1v) is 16.7. The van der Waals surface area contributed by atoms with Crippen molar-refractivity contribution in [2.45, 2.75) is 5.60 Å². The molecule has 0 saturated heterocycles. The summed E-state index contributed by atoms with van der Waals surface area (Å²) in [7, 11) is 0. The van der Waals surface area contributed by atoms with Crippen LogP contribution in [-0.2, 0) is 5.60 Å². The van der Waals surface area contributed by atoms with Crippen LogP contribution in [0.25, 0.3) is 54.9 Å². The summed E-state index contributed by atoms with van der Waals surface area (Å²) in [6.07, 6.45) is 0. The lowest BCUT2D eigenvalue weighted by Gasteiger charge is -2.32. The normalized spacial score (nSPS) is 12.6. The molecule has 8 aromatic rings.